The Morgan fingerprint density at radius 3 is 3.00 bits per heavy atom. The molecular formula is C11H18N2O. The van der Waals surface area contributed by atoms with Crippen LogP contribution in [-0.2, 0) is 0 Å². The van der Waals surface area contributed by atoms with Gasteiger partial charge < -0.3 is 10.1 Å². The smallest absolute Gasteiger partial charge is 0.237 e. The van der Waals surface area contributed by atoms with Crippen LogP contribution in [0.15, 0.2) is 18.3 Å². The summed E-state index contributed by atoms with van der Waals surface area (Å²) < 4.78 is 5.14. The lowest BCUT2D eigenvalue weighted by Gasteiger charge is -2.12. The Labute approximate surface area is 85.5 Å². The highest BCUT2D eigenvalue weighted by Crippen LogP contribution is 2.20. The molecule has 1 N–H and O–H groups in total. The van der Waals surface area contributed by atoms with Crippen molar-refractivity contribution in [2.24, 2.45) is 5.92 Å². The van der Waals surface area contributed by atoms with E-state index in [0.29, 0.717) is 11.8 Å². The van der Waals surface area contributed by atoms with E-state index in [1.165, 1.54) is 6.42 Å². The molecule has 0 spiro atoms. The Morgan fingerprint density at radius 2 is 2.36 bits per heavy atom. The molecule has 0 aliphatic heterocycles. The Kier molecular flexibility index (Phi) is 4.23. The van der Waals surface area contributed by atoms with Crippen molar-refractivity contribution in [1.29, 1.82) is 0 Å². The molecule has 1 aromatic heterocycles. The SMILES string of the molecule is CCC(C)CNc1cccnc1OC. The van der Waals surface area contributed by atoms with Crippen molar-refractivity contribution in [3.05, 3.63) is 18.3 Å². The van der Waals surface area contributed by atoms with E-state index in [2.05, 4.69) is 24.1 Å². The van der Waals surface area contributed by atoms with Crippen molar-refractivity contribution in [2.75, 3.05) is 19.0 Å². The Hall–Kier alpha value is -1.25. The molecule has 14 heavy (non-hydrogen) atoms. The third kappa shape index (κ3) is 2.91. The summed E-state index contributed by atoms with van der Waals surface area (Å²) in [4.78, 5) is 4.12. The van der Waals surface area contributed by atoms with Crippen molar-refractivity contribution in [1.82, 2.24) is 4.98 Å². The zero-order valence-electron chi connectivity index (χ0n) is 9.08. The lowest BCUT2D eigenvalue weighted by Crippen LogP contribution is -2.11. The number of aromatic nitrogens is 1. The highest BCUT2D eigenvalue weighted by molar-refractivity contribution is 5.51. The van der Waals surface area contributed by atoms with Crippen LogP contribution in [0.4, 0.5) is 5.69 Å². The van der Waals surface area contributed by atoms with Crippen LogP contribution in [0.2, 0.25) is 0 Å². The molecule has 1 unspecified atom stereocenters. The van der Waals surface area contributed by atoms with Gasteiger partial charge in [-0.25, -0.2) is 4.98 Å². The van der Waals surface area contributed by atoms with Crippen molar-refractivity contribution < 1.29 is 4.74 Å². The minimum absolute atomic E-state index is 0.663. The summed E-state index contributed by atoms with van der Waals surface area (Å²) in [6, 6.07) is 3.88. The fraction of sp³-hybridized carbons (Fsp3) is 0.545. The summed E-state index contributed by atoms with van der Waals surface area (Å²) in [5.41, 5.74) is 0.968. The van der Waals surface area contributed by atoms with Crippen molar-refractivity contribution >= 4 is 5.69 Å². The summed E-state index contributed by atoms with van der Waals surface area (Å²) in [6.07, 6.45) is 2.91. The van der Waals surface area contributed by atoms with Gasteiger partial charge in [0, 0.05) is 12.7 Å². The van der Waals surface area contributed by atoms with Crippen molar-refractivity contribution in [3.8, 4) is 5.88 Å². The molecule has 0 aliphatic carbocycles. The van der Waals surface area contributed by atoms with E-state index >= 15 is 0 Å². The van der Waals surface area contributed by atoms with E-state index in [4.69, 9.17) is 4.74 Å². The molecule has 3 heteroatoms. The molecule has 0 amide bonds. The number of hydrogen-bond acceptors (Lipinski definition) is 3. The predicted molar refractivity (Wildman–Crippen MR) is 58.7 cm³/mol. The van der Waals surface area contributed by atoms with Crippen LogP contribution in [0.5, 0.6) is 5.88 Å². The van der Waals surface area contributed by atoms with Crippen LogP contribution < -0.4 is 10.1 Å². The predicted octanol–water partition coefficient (Wildman–Crippen LogP) is 2.55. The molecule has 0 fully saturated rings. The second-order valence-electron chi connectivity index (χ2n) is 3.45. The molecule has 1 aromatic rings. The summed E-state index contributed by atoms with van der Waals surface area (Å²) in [5, 5.41) is 3.33. The van der Waals surface area contributed by atoms with E-state index in [1.54, 1.807) is 13.3 Å². The molecule has 0 saturated carbocycles. The zero-order chi connectivity index (χ0) is 10.4. The van der Waals surface area contributed by atoms with Gasteiger partial charge in [0.25, 0.3) is 0 Å². The Balaban J connectivity index is 2.57. The van der Waals surface area contributed by atoms with Gasteiger partial charge in [0.1, 0.15) is 0 Å². The number of nitrogens with zero attached hydrogens (tertiary/aromatic N) is 1. The number of methoxy groups -OCH3 is 1. The normalized spacial score (nSPS) is 12.2. The van der Waals surface area contributed by atoms with Gasteiger partial charge in [0.2, 0.25) is 5.88 Å². The first kappa shape index (κ1) is 10.8. The quantitative estimate of drug-likeness (QED) is 0.782. The number of ether oxygens (including phenoxy) is 1. The molecule has 0 bridgehead atoms. The van der Waals surface area contributed by atoms with Crippen LogP contribution in [0.3, 0.4) is 0 Å². The van der Waals surface area contributed by atoms with Gasteiger partial charge >= 0.3 is 0 Å². The average Bonchev–Trinajstić information content (AvgIpc) is 2.26. The number of pyridine rings is 1. The van der Waals surface area contributed by atoms with E-state index in [0.717, 1.165) is 12.2 Å². The summed E-state index contributed by atoms with van der Waals surface area (Å²) in [6.45, 7) is 5.36. The Bertz CT molecular complexity index is 276. The molecule has 1 rings (SSSR count). The Morgan fingerprint density at radius 1 is 1.57 bits per heavy atom. The van der Waals surface area contributed by atoms with Gasteiger partial charge in [-0.05, 0) is 18.1 Å². The van der Waals surface area contributed by atoms with Crippen molar-refractivity contribution in [3.63, 3.8) is 0 Å². The standard InChI is InChI=1S/C11H18N2O/c1-4-9(2)8-13-10-6-5-7-12-11(10)14-3/h5-7,9,13H,4,8H2,1-3H3. The first-order chi connectivity index (χ1) is 6.77. The molecule has 0 radical (unpaired) electrons. The molecule has 1 atom stereocenters. The monoisotopic (exact) mass is 194 g/mol. The van der Waals surface area contributed by atoms with Crippen LogP contribution in [0, 0.1) is 5.92 Å². The third-order valence-electron chi connectivity index (χ3n) is 2.30. The third-order valence-corrected chi connectivity index (χ3v) is 2.30. The zero-order valence-corrected chi connectivity index (χ0v) is 9.08. The number of rotatable bonds is 5. The van der Waals surface area contributed by atoms with Crippen LogP contribution in [0.1, 0.15) is 20.3 Å². The fourth-order valence-electron chi connectivity index (χ4n) is 1.12. The minimum Gasteiger partial charge on any atom is -0.480 e. The maximum absolute atomic E-state index is 5.14. The minimum atomic E-state index is 0.663. The first-order valence-corrected chi connectivity index (χ1v) is 5.00. The van der Waals surface area contributed by atoms with Gasteiger partial charge in [-0.2, -0.15) is 0 Å². The second-order valence-corrected chi connectivity index (χ2v) is 3.45. The van der Waals surface area contributed by atoms with Crippen molar-refractivity contribution in [2.45, 2.75) is 20.3 Å². The molecule has 3 nitrogen and oxygen atoms in total. The highest BCUT2D eigenvalue weighted by Gasteiger charge is 2.03. The molecule has 0 saturated heterocycles. The van der Waals surface area contributed by atoms with Gasteiger partial charge in [-0.3, -0.25) is 0 Å². The van der Waals surface area contributed by atoms with Crippen LogP contribution >= 0.6 is 0 Å². The molecular weight excluding hydrogens is 176 g/mol. The lowest BCUT2D eigenvalue weighted by atomic mass is 10.1. The van der Waals surface area contributed by atoms with Crippen LogP contribution in [-0.4, -0.2) is 18.6 Å². The molecule has 78 valence electrons. The van der Waals surface area contributed by atoms with Gasteiger partial charge in [0.15, 0.2) is 0 Å². The lowest BCUT2D eigenvalue weighted by molar-refractivity contribution is 0.399. The molecule has 0 aliphatic rings. The van der Waals surface area contributed by atoms with Gasteiger partial charge in [0.05, 0.1) is 12.8 Å². The fourth-order valence-corrected chi connectivity index (χ4v) is 1.12. The number of hydrogen-bond donors (Lipinski definition) is 1. The number of nitrogens with one attached hydrogen (secondary N) is 1. The van der Waals surface area contributed by atoms with Gasteiger partial charge in [-0.1, -0.05) is 20.3 Å². The van der Waals surface area contributed by atoms with Crippen LogP contribution in [0.25, 0.3) is 0 Å². The molecule has 1 heterocycles. The summed E-state index contributed by atoms with van der Waals surface area (Å²) in [7, 11) is 1.64. The summed E-state index contributed by atoms with van der Waals surface area (Å²) >= 11 is 0. The summed E-state index contributed by atoms with van der Waals surface area (Å²) in [5.74, 6) is 1.33. The van der Waals surface area contributed by atoms with E-state index in [9.17, 15) is 0 Å². The first-order valence-electron chi connectivity index (χ1n) is 5.00. The maximum Gasteiger partial charge on any atom is 0.237 e. The van der Waals surface area contributed by atoms with E-state index in [1.807, 2.05) is 12.1 Å². The second kappa shape index (κ2) is 5.47. The maximum atomic E-state index is 5.14. The van der Waals surface area contributed by atoms with E-state index < -0.39 is 0 Å². The molecule has 0 aromatic carbocycles. The highest BCUT2D eigenvalue weighted by atomic mass is 16.5. The largest absolute Gasteiger partial charge is 0.480 e. The number of anilines is 1. The van der Waals surface area contributed by atoms with E-state index in [-0.39, 0.29) is 0 Å². The van der Waals surface area contributed by atoms with Gasteiger partial charge in [-0.15, -0.1) is 0 Å². The average molecular weight is 194 g/mol. The topological polar surface area (TPSA) is 34.2 Å².